The second-order valence-corrected chi connectivity index (χ2v) is 8.16. The summed E-state index contributed by atoms with van der Waals surface area (Å²) in [6.07, 6.45) is 4.27. The first-order chi connectivity index (χ1) is 11.1. The number of allylic oxidation sites excluding steroid dienone is 1. The highest BCUT2D eigenvalue weighted by Crippen LogP contribution is 2.42. The van der Waals surface area contributed by atoms with Crippen LogP contribution < -0.4 is 0 Å². The van der Waals surface area contributed by atoms with Crippen molar-refractivity contribution in [2.24, 2.45) is 5.92 Å². The van der Waals surface area contributed by atoms with Crippen LogP contribution in [0.5, 0.6) is 0 Å². The molecule has 3 heteroatoms. The molecule has 0 heterocycles. The van der Waals surface area contributed by atoms with Gasteiger partial charge in [0.2, 0.25) is 0 Å². The van der Waals surface area contributed by atoms with E-state index in [-0.39, 0.29) is 0 Å². The first-order valence-electron chi connectivity index (χ1n) is 8.06. The molecule has 2 aromatic rings. The molecule has 2 unspecified atom stereocenters. The van der Waals surface area contributed by atoms with E-state index in [1.54, 1.807) is 0 Å². The molecule has 0 amide bonds. The fourth-order valence-corrected chi connectivity index (χ4v) is 4.55. The van der Waals surface area contributed by atoms with Crippen molar-refractivity contribution in [3.63, 3.8) is 0 Å². The molecule has 1 nitrogen and oxygen atoms in total. The van der Waals surface area contributed by atoms with Crippen molar-refractivity contribution in [1.82, 2.24) is 0 Å². The molecule has 23 heavy (non-hydrogen) atoms. The number of hydrogen-bond acceptors (Lipinski definition) is 1. The van der Waals surface area contributed by atoms with E-state index >= 15 is 0 Å². The molecule has 1 saturated carbocycles. The van der Waals surface area contributed by atoms with E-state index in [0.717, 1.165) is 30.6 Å². The summed E-state index contributed by atoms with van der Waals surface area (Å²) in [4.78, 5) is 0.793. The predicted octanol–water partition coefficient (Wildman–Crippen LogP) is 5.60. The third kappa shape index (κ3) is 3.94. The van der Waals surface area contributed by atoms with Crippen LogP contribution >= 0.6 is 11.6 Å². The average Bonchev–Trinajstić information content (AvgIpc) is 2.55. The summed E-state index contributed by atoms with van der Waals surface area (Å²) in [5.74, 6) is 0.483. The lowest BCUT2D eigenvalue weighted by Gasteiger charge is -2.31. The van der Waals surface area contributed by atoms with Gasteiger partial charge in [-0.15, -0.1) is 0 Å². The van der Waals surface area contributed by atoms with Crippen LogP contribution in [-0.2, 0) is 17.2 Å². The van der Waals surface area contributed by atoms with E-state index in [2.05, 4.69) is 24.3 Å². The molecular weight excluding hydrogens is 324 g/mol. The highest BCUT2D eigenvalue weighted by atomic mass is 35.5. The highest BCUT2D eigenvalue weighted by Gasteiger charge is 2.29. The van der Waals surface area contributed by atoms with Gasteiger partial charge < -0.3 is 0 Å². The van der Waals surface area contributed by atoms with Gasteiger partial charge in [0.05, 0.1) is 10.8 Å². The van der Waals surface area contributed by atoms with Crippen LogP contribution in [0.15, 0.2) is 69.4 Å². The Morgan fingerprint density at radius 2 is 1.83 bits per heavy atom. The standard InChI is InChI=1S/C20H21ClOS/c1-15-7-12-18(13-8-15)23(22)20(21)19-14-11-17(19)10-9-16-5-3-2-4-6-16/h2-8,12-13,17H,9-11,14H2,1H3/b20-19+. The van der Waals surface area contributed by atoms with Crippen LogP contribution in [0.2, 0.25) is 0 Å². The van der Waals surface area contributed by atoms with E-state index < -0.39 is 10.8 Å². The summed E-state index contributed by atoms with van der Waals surface area (Å²) in [6.45, 7) is 2.03. The summed E-state index contributed by atoms with van der Waals surface area (Å²) >= 11 is 6.46. The van der Waals surface area contributed by atoms with Crippen LogP contribution in [0.1, 0.15) is 30.4 Å². The van der Waals surface area contributed by atoms with Crippen molar-refractivity contribution in [3.8, 4) is 0 Å². The van der Waals surface area contributed by atoms with Gasteiger partial charge in [-0.25, -0.2) is 4.21 Å². The molecule has 120 valence electrons. The lowest BCUT2D eigenvalue weighted by Crippen LogP contribution is -2.19. The highest BCUT2D eigenvalue weighted by molar-refractivity contribution is 7.90. The fourth-order valence-electron chi connectivity index (χ4n) is 2.94. The van der Waals surface area contributed by atoms with Crippen molar-refractivity contribution < 1.29 is 4.21 Å². The van der Waals surface area contributed by atoms with Gasteiger partial charge in [-0.1, -0.05) is 59.6 Å². The van der Waals surface area contributed by atoms with Gasteiger partial charge in [-0.3, -0.25) is 0 Å². The maximum Gasteiger partial charge on any atom is 0.109 e. The van der Waals surface area contributed by atoms with E-state index in [1.807, 2.05) is 37.3 Å². The molecule has 2 atom stereocenters. The SMILES string of the molecule is Cc1ccc(S(=O)/C(Cl)=C2\CCC2CCc2ccccc2)cc1. The lowest BCUT2D eigenvalue weighted by atomic mass is 9.77. The Labute approximate surface area is 145 Å². The van der Waals surface area contributed by atoms with E-state index in [4.69, 9.17) is 11.6 Å². The third-order valence-electron chi connectivity index (χ3n) is 4.53. The van der Waals surface area contributed by atoms with Crippen LogP contribution in [0.25, 0.3) is 0 Å². The Morgan fingerprint density at radius 3 is 2.43 bits per heavy atom. The Kier molecular flexibility index (Phi) is 5.34. The molecule has 2 aromatic carbocycles. The first-order valence-corrected chi connectivity index (χ1v) is 9.59. The largest absolute Gasteiger partial charge is 0.248 e. The minimum absolute atomic E-state index is 0.483. The molecular formula is C20H21ClOS. The Hall–Kier alpha value is -1.38. The number of hydrogen-bond donors (Lipinski definition) is 0. The van der Waals surface area contributed by atoms with Crippen LogP contribution in [0.3, 0.4) is 0 Å². The average molecular weight is 345 g/mol. The molecule has 0 N–H and O–H groups in total. The van der Waals surface area contributed by atoms with Gasteiger partial charge in [-0.2, -0.15) is 0 Å². The lowest BCUT2D eigenvalue weighted by molar-refractivity contribution is 0.414. The molecule has 0 aliphatic heterocycles. The van der Waals surface area contributed by atoms with Gasteiger partial charge in [0.1, 0.15) is 4.36 Å². The topological polar surface area (TPSA) is 17.1 Å². The first kappa shape index (κ1) is 16.5. The van der Waals surface area contributed by atoms with E-state index in [1.165, 1.54) is 16.7 Å². The van der Waals surface area contributed by atoms with E-state index in [0.29, 0.717) is 10.3 Å². The third-order valence-corrected chi connectivity index (χ3v) is 6.48. The van der Waals surface area contributed by atoms with Crippen molar-refractivity contribution in [2.75, 3.05) is 0 Å². The summed E-state index contributed by atoms with van der Waals surface area (Å²) in [5, 5.41) is 0. The number of benzene rings is 2. The Morgan fingerprint density at radius 1 is 1.13 bits per heavy atom. The van der Waals surface area contributed by atoms with Crippen molar-refractivity contribution in [1.29, 1.82) is 0 Å². The molecule has 0 aromatic heterocycles. The maximum absolute atomic E-state index is 12.6. The maximum atomic E-state index is 12.6. The number of rotatable bonds is 5. The van der Waals surface area contributed by atoms with Gasteiger partial charge in [0.15, 0.2) is 0 Å². The molecule has 1 aliphatic rings. The van der Waals surface area contributed by atoms with Gasteiger partial charge in [0.25, 0.3) is 0 Å². The quantitative estimate of drug-likeness (QED) is 0.690. The summed E-state index contributed by atoms with van der Waals surface area (Å²) < 4.78 is 13.2. The second kappa shape index (κ2) is 7.46. The Bertz CT molecular complexity index is 719. The Balaban J connectivity index is 1.68. The van der Waals surface area contributed by atoms with Crippen LogP contribution in [0, 0.1) is 12.8 Å². The minimum atomic E-state index is -1.24. The van der Waals surface area contributed by atoms with Crippen molar-refractivity contribution >= 4 is 22.4 Å². The predicted molar refractivity (Wildman–Crippen MR) is 98.0 cm³/mol. The van der Waals surface area contributed by atoms with Crippen LogP contribution in [-0.4, -0.2) is 4.21 Å². The summed E-state index contributed by atoms with van der Waals surface area (Å²) in [5.41, 5.74) is 3.72. The molecule has 1 fully saturated rings. The molecule has 3 rings (SSSR count). The summed E-state index contributed by atoms with van der Waals surface area (Å²) in [7, 11) is -1.24. The van der Waals surface area contributed by atoms with E-state index in [9.17, 15) is 4.21 Å². The zero-order valence-electron chi connectivity index (χ0n) is 13.3. The number of halogens is 1. The summed E-state index contributed by atoms with van der Waals surface area (Å²) in [6, 6.07) is 18.3. The van der Waals surface area contributed by atoms with Crippen molar-refractivity contribution in [2.45, 2.75) is 37.5 Å². The fraction of sp³-hybridized carbons (Fsp3) is 0.300. The minimum Gasteiger partial charge on any atom is -0.248 e. The normalized spacial score (nSPS) is 20.7. The van der Waals surface area contributed by atoms with Gasteiger partial charge >= 0.3 is 0 Å². The smallest absolute Gasteiger partial charge is 0.109 e. The zero-order valence-corrected chi connectivity index (χ0v) is 14.9. The second-order valence-electron chi connectivity index (χ2n) is 6.14. The monoisotopic (exact) mass is 344 g/mol. The molecule has 0 saturated heterocycles. The molecule has 0 spiro atoms. The molecule has 0 bridgehead atoms. The van der Waals surface area contributed by atoms with Gasteiger partial charge in [-0.05, 0) is 61.8 Å². The zero-order chi connectivity index (χ0) is 16.2. The van der Waals surface area contributed by atoms with Gasteiger partial charge in [0, 0.05) is 4.90 Å². The molecule has 1 aliphatic carbocycles. The number of aryl methyl sites for hydroxylation is 2. The van der Waals surface area contributed by atoms with Crippen molar-refractivity contribution in [3.05, 3.63) is 75.7 Å². The molecule has 0 radical (unpaired) electrons. The van der Waals surface area contributed by atoms with Crippen LogP contribution in [0.4, 0.5) is 0 Å².